The maximum atomic E-state index is 12.0. The standard InChI is InChI=1S/C8H10F3N3O2/c9-8(10,11)16-6-2-14-7(13)5(3-15)4(6)1-12/h2,15H,1,3,12H2,(H2,13,14). The second kappa shape index (κ2) is 4.54. The topological polar surface area (TPSA) is 94.4 Å². The largest absolute Gasteiger partial charge is 0.573 e. The van der Waals surface area contributed by atoms with Gasteiger partial charge in [0.1, 0.15) is 5.82 Å². The summed E-state index contributed by atoms with van der Waals surface area (Å²) in [5, 5.41) is 8.94. The first-order valence-electron chi connectivity index (χ1n) is 4.22. The molecule has 0 amide bonds. The predicted octanol–water partition coefficient (Wildman–Crippen LogP) is 0.513. The van der Waals surface area contributed by atoms with Gasteiger partial charge in [-0.1, -0.05) is 0 Å². The van der Waals surface area contributed by atoms with Crippen molar-refractivity contribution in [3.8, 4) is 5.75 Å². The molecule has 0 aliphatic rings. The van der Waals surface area contributed by atoms with Crippen LogP contribution in [-0.4, -0.2) is 16.5 Å². The van der Waals surface area contributed by atoms with E-state index in [0.29, 0.717) is 0 Å². The van der Waals surface area contributed by atoms with Crippen molar-refractivity contribution < 1.29 is 23.0 Å². The van der Waals surface area contributed by atoms with Crippen LogP contribution in [0, 0.1) is 0 Å². The number of hydrogen-bond acceptors (Lipinski definition) is 5. The van der Waals surface area contributed by atoms with Crippen LogP contribution in [0.3, 0.4) is 0 Å². The van der Waals surface area contributed by atoms with Gasteiger partial charge in [-0.05, 0) is 0 Å². The van der Waals surface area contributed by atoms with E-state index in [1.807, 2.05) is 0 Å². The number of aliphatic hydroxyl groups is 1. The van der Waals surface area contributed by atoms with E-state index in [0.717, 1.165) is 6.20 Å². The summed E-state index contributed by atoms with van der Waals surface area (Å²) in [4.78, 5) is 3.48. The quantitative estimate of drug-likeness (QED) is 0.712. The zero-order valence-corrected chi connectivity index (χ0v) is 8.08. The summed E-state index contributed by atoms with van der Waals surface area (Å²) in [5.74, 6) is -0.620. The Morgan fingerprint density at radius 2 is 2.00 bits per heavy atom. The molecule has 0 atom stereocenters. The average Bonchev–Trinajstić information content (AvgIpc) is 2.18. The summed E-state index contributed by atoms with van der Waals surface area (Å²) in [5.41, 5.74) is 10.7. The molecule has 0 bridgehead atoms. The first-order chi connectivity index (χ1) is 7.39. The van der Waals surface area contributed by atoms with Crippen LogP contribution in [0.25, 0.3) is 0 Å². The molecule has 16 heavy (non-hydrogen) atoms. The number of rotatable bonds is 3. The Kier molecular flexibility index (Phi) is 3.55. The van der Waals surface area contributed by atoms with E-state index >= 15 is 0 Å². The first-order valence-corrected chi connectivity index (χ1v) is 4.22. The van der Waals surface area contributed by atoms with Gasteiger partial charge >= 0.3 is 6.36 Å². The molecular formula is C8H10F3N3O2. The normalized spacial score (nSPS) is 11.6. The van der Waals surface area contributed by atoms with E-state index in [4.69, 9.17) is 16.6 Å². The molecule has 0 unspecified atom stereocenters. The number of halogens is 3. The number of nitrogens with zero attached hydrogens (tertiary/aromatic N) is 1. The maximum Gasteiger partial charge on any atom is 0.573 e. The molecule has 0 aliphatic heterocycles. The van der Waals surface area contributed by atoms with E-state index in [-0.39, 0.29) is 23.5 Å². The number of ether oxygens (including phenoxy) is 1. The van der Waals surface area contributed by atoms with E-state index < -0.39 is 18.7 Å². The number of nitrogens with two attached hydrogens (primary N) is 2. The van der Waals surface area contributed by atoms with Gasteiger partial charge in [0, 0.05) is 17.7 Å². The number of alkyl halides is 3. The predicted molar refractivity (Wildman–Crippen MR) is 49.1 cm³/mol. The van der Waals surface area contributed by atoms with Crippen LogP contribution in [0.5, 0.6) is 5.75 Å². The van der Waals surface area contributed by atoms with Crippen LogP contribution in [0.4, 0.5) is 19.0 Å². The minimum absolute atomic E-state index is 0.00711. The van der Waals surface area contributed by atoms with Crippen molar-refractivity contribution in [1.29, 1.82) is 0 Å². The van der Waals surface area contributed by atoms with Crippen molar-refractivity contribution in [3.05, 3.63) is 17.3 Å². The average molecular weight is 237 g/mol. The fraction of sp³-hybridized carbons (Fsp3) is 0.375. The van der Waals surface area contributed by atoms with Gasteiger partial charge in [0.2, 0.25) is 0 Å². The summed E-state index contributed by atoms with van der Waals surface area (Å²) in [6.07, 6.45) is -4.02. The molecule has 0 aliphatic carbocycles. The second-order valence-electron chi connectivity index (χ2n) is 2.87. The van der Waals surface area contributed by atoms with Crippen LogP contribution in [0.2, 0.25) is 0 Å². The van der Waals surface area contributed by atoms with Crippen LogP contribution < -0.4 is 16.2 Å². The Labute approximate surface area is 88.8 Å². The number of hydrogen-bond donors (Lipinski definition) is 3. The Morgan fingerprint density at radius 3 is 2.44 bits per heavy atom. The van der Waals surface area contributed by atoms with Gasteiger partial charge in [0.05, 0.1) is 12.8 Å². The fourth-order valence-electron chi connectivity index (χ4n) is 1.20. The third-order valence-corrected chi connectivity index (χ3v) is 1.88. The highest BCUT2D eigenvalue weighted by Gasteiger charge is 2.32. The Morgan fingerprint density at radius 1 is 1.38 bits per heavy atom. The van der Waals surface area contributed by atoms with Crippen molar-refractivity contribution in [2.75, 3.05) is 5.73 Å². The molecule has 8 heteroatoms. The molecule has 1 rings (SSSR count). The molecule has 1 aromatic heterocycles. The third kappa shape index (κ3) is 2.74. The summed E-state index contributed by atoms with van der Waals surface area (Å²) in [6, 6.07) is 0. The van der Waals surface area contributed by atoms with Gasteiger partial charge in [0.15, 0.2) is 5.75 Å². The molecule has 1 aromatic rings. The zero-order chi connectivity index (χ0) is 12.3. The minimum atomic E-state index is -4.84. The monoisotopic (exact) mass is 237 g/mol. The van der Waals surface area contributed by atoms with Crippen molar-refractivity contribution in [2.45, 2.75) is 19.5 Å². The molecule has 5 N–H and O–H groups in total. The second-order valence-corrected chi connectivity index (χ2v) is 2.87. The summed E-state index contributed by atoms with van der Waals surface area (Å²) < 4.78 is 39.7. The number of anilines is 1. The SMILES string of the molecule is NCc1c(OC(F)(F)F)cnc(N)c1CO. The molecule has 0 saturated carbocycles. The third-order valence-electron chi connectivity index (χ3n) is 1.88. The molecule has 0 spiro atoms. The van der Waals surface area contributed by atoms with Gasteiger partial charge in [0.25, 0.3) is 0 Å². The van der Waals surface area contributed by atoms with Gasteiger partial charge in [-0.25, -0.2) is 4.98 Å². The molecule has 90 valence electrons. The highest BCUT2D eigenvalue weighted by molar-refractivity contribution is 5.50. The maximum absolute atomic E-state index is 12.0. The van der Waals surface area contributed by atoms with Crippen molar-refractivity contribution in [3.63, 3.8) is 0 Å². The molecular weight excluding hydrogens is 227 g/mol. The van der Waals surface area contributed by atoms with E-state index in [2.05, 4.69) is 9.72 Å². The van der Waals surface area contributed by atoms with Crippen molar-refractivity contribution in [1.82, 2.24) is 4.98 Å². The van der Waals surface area contributed by atoms with Crippen molar-refractivity contribution >= 4 is 5.82 Å². The molecule has 0 saturated heterocycles. The molecule has 5 nitrogen and oxygen atoms in total. The highest BCUT2D eigenvalue weighted by Crippen LogP contribution is 2.29. The lowest BCUT2D eigenvalue weighted by Gasteiger charge is -2.15. The lowest BCUT2D eigenvalue weighted by molar-refractivity contribution is -0.275. The highest BCUT2D eigenvalue weighted by atomic mass is 19.4. The lowest BCUT2D eigenvalue weighted by Crippen LogP contribution is -2.20. The molecule has 0 aromatic carbocycles. The van der Waals surface area contributed by atoms with Crippen LogP contribution in [-0.2, 0) is 13.2 Å². The summed E-state index contributed by atoms with van der Waals surface area (Å²) in [7, 11) is 0. The van der Waals surface area contributed by atoms with E-state index in [9.17, 15) is 13.2 Å². The Hall–Kier alpha value is -1.54. The van der Waals surface area contributed by atoms with Gasteiger partial charge in [-0.2, -0.15) is 0 Å². The summed E-state index contributed by atoms with van der Waals surface area (Å²) >= 11 is 0. The lowest BCUT2D eigenvalue weighted by atomic mass is 10.1. The molecule has 0 fully saturated rings. The molecule has 1 heterocycles. The minimum Gasteiger partial charge on any atom is -0.404 e. The Balaban J connectivity index is 3.19. The number of nitrogen functional groups attached to an aromatic ring is 1. The number of aromatic nitrogens is 1. The number of aliphatic hydroxyl groups excluding tert-OH is 1. The van der Waals surface area contributed by atoms with Gasteiger partial charge in [-0.3, -0.25) is 0 Å². The van der Waals surface area contributed by atoms with E-state index in [1.54, 1.807) is 0 Å². The number of pyridine rings is 1. The fourth-order valence-corrected chi connectivity index (χ4v) is 1.20. The smallest absolute Gasteiger partial charge is 0.404 e. The molecule has 0 radical (unpaired) electrons. The van der Waals surface area contributed by atoms with Crippen molar-refractivity contribution in [2.24, 2.45) is 5.73 Å². The van der Waals surface area contributed by atoms with Gasteiger partial charge in [-0.15, -0.1) is 13.2 Å². The summed E-state index contributed by atoms with van der Waals surface area (Å²) in [6.45, 7) is -0.797. The van der Waals surface area contributed by atoms with Crippen LogP contribution in [0.15, 0.2) is 6.20 Å². The zero-order valence-electron chi connectivity index (χ0n) is 8.08. The van der Waals surface area contributed by atoms with Crippen LogP contribution >= 0.6 is 0 Å². The van der Waals surface area contributed by atoms with Crippen LogP contribution in [0.1, 0.15) is 11.1 Å². The van der Waals surface area contributed by atoms with E-state index in [1.165, 1.54) is 0 Å². The first kappa shape index (κ1) is 12.5. The van der Waals surface area contributed by atoms with Gasteiger partial charge < -0.3 is 21.3 Å². The Bertz CT molecular complexity index is 382.